The quantitative estimate of drug-likeness (QED) is 0.613. The van der Waals surface area contributed by atoms with Crippen molar-refractivity contribution < 1.29 is 13.9 Å². The Morgan fingerprint density at radius 3 is 2.62 bits per heavy atom. The normalized spacial score (nSPS) is 25.8. The molecule has 0 saturated heterocycles. The molecule has 0 radical (unpaired) electrons. The molecule has 0 spiro atoms. The summed E-state index contributed by atoms with van der Waals surface area (Å²) in [5, 5.41) is 0. The topological polar surface area (TPSA) is 18.5 Å². The lowest BCUT2D eigenvalue weighted by atomic mass is 10.2. The molecule has 1 aliphatic rings. The van der Waals surface area contributed by atoms with Crippen molar-refractivity contribution >= 4 is 0 Å². The minimum absolute atomic E-state index is 0.0331. The molecule has 0 saturated carbocycles. The molecule has 1 aromatic carbocycles. The Kier molecular flexibility index (Phi) is 1.87. The fourth-order valence-electron chi connectivity index (χ4n) is 1.27. The van der Waals surface area contributed by atoms with Crippen molar-refractivity contribution in [1.29, 1.82) is 0 Å². The average Bonchev–Trinajstić information content (AvgIpc) is 2.09. The minimum atomic E-state index is -0.365. The van der Waals surface area contributed by atoms with Gasteiger partial charge in [-0.2, -0.15) is 0 Å². The standard InChI is InChI=1S/C10H11FO2/c1-6-7(2)13-10-8(11)4-3-5-9(10)12-6/h3-7H,1-2H3/t6-,7-/m1/s1. The first-order valence-electron chi connectivity index (χ1n) is 4.30. The fourth-order valence-corrected chi connectivity index (χ4v) is 1.27. The Balaban J connectivity index is 2.42. The second-order valence-corrected chi connectivity index (χ2v) is 3.21. The van der Waals surface area contributed by atoms with Gasteiger partial charge in [0.25, 0.3) is 0 Å². The monoisotopic (exact) mass is 182 g/mol. The molecule has 13 heavy (non-hydrogen) atoms. The summed E-state index contributed by atoms with van der Waals surface area (Å²) >= 11 is 0. The highest BCUT2D eigenvalue weighted by atomic mass is 19.1. The average molecular weight is 182 g/mol. The van der Waals surface area contributed by atoms with E-state index in [9.17, 15) is 4.39 Å². The second kappa shape index (κ2) is 2.91. The summed E-state index contributed by atoms with van der Waals surface area (Å²) in [5.41, 5.74) is 0. The second-order valence-electron chi connectivity index (χ2n) is 3.21. The maximum absolute atomic E-state index is 13.2. The summed E-state index contributed by atoms with van der Waals surface area (Å²) in [6.45, 7) is 3.76. The predicted molar refractivity (Wildman–Crippen MR) is 46.6 cm³/mol. The molecule has 3 heteroatoms. The molecule has 0 bridgehead atoms. The van der Waals surface area contributed by atoms with Gasteiger partial charge in [-0.1, -0.05) is 6.07 Å². The van der Waals surface area contributed by atoms with Crippen LogP contribution in [0.3, 0.4) is 0 Å². The summed E-state index contributed by atoms with van der Waals surface area (Å²) in [4.78, 5) is 0. The zero-order valence-electron chi connectivity index (χ0n) is 7.58. The van der Waals surface area contributed by atoms with E-state index in [0.29, 0.717) is 5.75 Å². The van der Waals surface area contributed by atoms with E-state index in [1.807, 2.05) is 13.8 Å². The number of halogens is 1. The first-order valence-corrected chi connectivity index (χ1v) is 4.30. The maximum Gasteiger partial charge on any atom is 0.197 e. The lowest BCUT2D eigenvalue weighted by Crippen LogP contribution is -2.35. The van der Waals surface area contributed by atoms with E-state index in [2.05, 4.69) is 0 Å². The molecule has 0 fully saturated rings. The lowest BCUT2D eigenvalue weighted by molar-refractivity contribution is 0.0390. The van der Waals surface area contributed by atoms with Gasteiger partial charge >= 0.3 is 0 Å². The van der Waals surface area contributed by atoms with E-state index in [4.69, 9.17) is 9.47 Å². The van der Waals surface area contributed by atoms with Crippen LogP contribution >= 0.6 is 0 Å². The van der Waals surface area contributed by atoms with Crippen LogP contribution in [0.5, 0.6) is 11.5 Å². The third kappa shape index (κ3) is 1.34. The van der Waals surface area contributed by atoms with Crippen molar-refractivity contribution in [2.75, 3.05) is 0 Å². The Hall–Kier alpha value is -1.25. The number of fused-ring (bicyclic) bond motifs is 1. The molecule has 1 aliphatic heterocycles. The molecule has 1 aromatic rings. The summed E-state index contributed by atoms with van der Waals surface area (Å²) in [6.07, 6.45) is -0.140. The first-order chi connectivity index (χ1) is 6.18. The van der Waals surface area contributed by atoms with Gasteiger partial charge in [-0.3, -0.25) is 0 Å². The summed E-state index contributed by atoms with van der Waals surface area (Å²) in [7, 11) is 0. The number of rotatable bonds is 0. The highest BCUT2D eigenvalue weighted by Gasteiger charge is 2.26. The molecular weight excluding hydrogens is 171 g/mol. The van der Waals surface area contributed by atoms with Gasteiger partial charge in [-0.25, -0.2) is 4.39 Å². The summed E-state index contributed by atoms with van der Waals surface area (Å²) in [6, 6.07) is 4.69. The van der Waals surface area contributed by atoms with Crippen LogP contribution in [-0.4, -0.2) is 12.2 Å². The Labute approximate surface area is 76.3 Å². The van der Waals surface area contributed by atoms with Crippen LogP contribution < -0.4 is 9.47 Å². The number of para-hydroxylation sites is 1. The molecular formula is C10H11FO2. The molecule has 2 nitrogen and oxygen atoms in total. The van der Waals surface area contributed by atoms with Gasteiger partial charge in [-0.15, -0.1) is 0 Å². The van der Waals surface area contributed by atoms with Crippen LogP contribution in [-0.2, 0) is 0 Å². The number of ether oxygens (including phenoxy) is 2. The number of benzene rings is 1. The van der Waals surface area contributed by atoms with Crippen molar-refractivity contribution in [3.05, 3.63) is 24.0 Å². The maximum atomic E-state index is 13.2. The fraction of sp³-hybridized carbons (Fsp3) is 0.400. The van der Waals surface area contributed by atoms with E-state index in [1.54, 1.807) is 12.1 Å². The van der Waals surface area contributed by atoms with Gasteiger partial charge in [0, 0.05) is 0 Å². The zero-order chi connectivity index (χ0) is 9.42. The number of hydrogen-bond acceptors (Lipinski definition) is 2. The van der Waals surface area contributed by atoms with E-state index in [-0.39, 0.29) is 23.8 Å². The summed E-state index contributed by atoms with van der Waals surface area (Å²) in [5.74, 6) is 0.356. The van der Waals surface area contributed by atoms with Gasteiger partial charge in [-0.05, 0) is 26.0 Å². The number of hydrogen-bond donors (Lipinski definition) is 0. The van der Waals surface area contributed by atoms with Crippen LogP contribution in [0.1, 0.15) is 13.8 Å². The molecule has 1 heterocycles. The Morgan fingerprint density at radius 2 is 1.85 bits per heavy atom. The SMILES string of the molecule is C[C@H]1Oc2cccc(F)c2O[C@@H]1C. The highest BCUT2D eigenvalue weighted by molar-refractivity contribution is 5.42. The predicted octanol–water partition coefficient (Wildman–Crippen LogP) is 2.37. The molecule has 0 unspecified atom stereocenters. The van der Waals surface area contributed by atoms with Gasteiger partial charge in [0.05, 0.1) is 0 Å². The van der Waals surface area contributed by atoms with Gasteiger partial charge in [0.2, 0.25) is 0 Å². The van der Waals surface area contributed by atoms with E-state index < -0.39 is 0 Å². The molecule has 2 atom stereocenters. The molecule has 2 rings (SSSR count). The zero-order valence-corrected chi connectivity index (χ0v) is 7.58. The van der Waals surface area contributed by atoms with Crippen molar-refractivity contribution in [2.24, 2.45) is 0 Å². The van der Waals surface area contributed by atoms with Crippen molar-refractivity contribution in [3.8, 4) is 11.5 Å². The lowest BCUT2D eigenvalue weighted by Gasteiger charge is -2.29. The van der Waals surface area contributed by atoms with Crippen molar-refractivity contribution in [3.63, 3.8) is 0 Å². The van der Waals surface area contributed by atoms with Crippen molar-refractivity contribution in [2.45, 2.75) is 26.1 Å². The van der Waals surface area contributed by atoms with Gasteiger partial charge in [0.1, 0.15) is 12.2 Å². The van der Waals surface area contributed by atoms with Crippen LogP contribution in [0, 0.1) is 5.82 Å². The molecule has 0 aromatic heterocycles. The third-order valence-electron chi connectivity index (χ3n) is 2.21. The van der Waals surface area contributed by atoms with Crippen LogP contribution in [0.2, 0.25) is 0 Å². The van der Waals surface area contributed by atoms with Crippen LogP contribution in [0.25, 0.3) is 0 Å². The van der Waals surface area contributed by atoms with Crippen molar-refractivity contribution in [1.82, 2.24) is 0 Å². The van der Waals surface area contributed by atoms with Gasteiger partial charge < -0.3 is 9.47 Å². The Morgan fingerprint density at radius 1 is 1.15 bits per heavy atom. The van der Waals surface area contributed by atoms with Crippen LogP contribution in [0.15, 0.2) is 18.2 Å². The Bertz CT molecular complexity index is 325. The van der Waals surface area contributed by atoms with E-state index in [0.717, 1.165) is 0 Å². The van der Waals surface area contributed by atoms with Gasteiger partial charge in [0.15, 0.2) is 17.3 Å². The van der Waals surface area contributed by atoms with E-state index in [1.165, 1.54) is 6.07 Å². The molecule has 70 valence electrons. The highest BCUT2D eigenvalue weighted by Crippen LogP contribution is 2.35. The largest absolute Gasteiger partial charge is 0.483 e. The molecule has 0 amide bonds. The molecule has 0 N–H and O–H groups in total. The third-order valence-corrected chi connectivity index (χ3v) is 2.21. The first kappa shape index (κ1) is 8.35. The van der Waals surface area contributed by atoms with E-state index >= 15 is 0 Å². The summed E-state index contributed by atoms with van der Waals surface area (Å²) < 4.78 is 24.0. The molecule has 0 aliphatic carbocycles. The van der Waals surface area contributed by atoms with Crippen LogP contribution in [0.4, 0.5) is 4.39 Å². The smallest absolute Gasteiger partial charge is 0.197 e. The minimum Gasteiger partial charge on any atom is -0.483 e.